The molecule has 0 fully saturated rings. The zero-order valence-electron chi connectivity index (χ0n) is 7.00. The first kappa shape index (κ1) is 9.04. The van der Waals surface area contributed by atoms with Gasteiger partial charge in [0, 0.05) is 0 Å². The van der Waals surface area contributed by atoms with Crippen LogP contribution in [0.15, 0.2) is 18.6 Å². The standard InChI is InChI=1S/C7H6ClN5O/c8-6-2-9-3-7(11-6)13-5(4-14)1-10-12-13/h1-3,14H,4H2. The lowest BCUT2D eigenvalue weighted by molar-refractivity contribution is 0.273. The Morgan fingerprint density at radius 2 is 2.21 bits per heavy atom. The van der Waals surface area contributed by atoms with Crippen molar-refractivity contribution in [2.75, 3.05) is 0 Å². The summed E-state index contributed by atoms with van der Waals surface area (Å²) in [4.78, 5) is 7.83. The van der Waals surface area contributed by atoms with E-state index in [2.05, 4.69) is 20.3 Å². The molecule has 0 atom stereocenters. The minimum Gasteiger partial charge on any atom is -0.390 e. The second-order valence-corrected chi connectivity index (χ2v) is 2.88. The summed E-state index contributed by atoms with van der Waals surface area (Å²) in [5.74, 6) is 0.430. The number of halogens is 1. The summed E-state index contributed by atoms with van der Waals surface area (Å²) < 4.78 is 1.37. The van der Waals surface area contributed by atoms with E-state index in [-0.39, 0.29) is 11.8 Å². The summed E-state index contributed by atoms with van der Waals surface area (Å²) >= 11 is 5.66. The first-order chi connectivity index (χ1) is 6.81. The number of hydrogen-bond acceptors (Lipinski definition) is 5. The van der Waals surface area contributed by atoms with Crippen molar-refractivity contribution in [3.05, 3.63) is 29.4 Å². The van der Waals surface area contributed by atoms with Crippen LogP contribution < -0.4 is 0 Å². The molecule has 72 valence electrons. The van der Waals surface area contributed by atoms with Crippen molar-refractivity contribution in [2.24, 2.45) is 0 Å². The van der Waals surface area contributed by atoms with Gasteiger partial charge in [-0.3, -0.25) is 4.98 Å². The van der Waals surface area contributed by atoms with E-state index in [0.29, 0.717) is 11.5 Å². The van der Waals surface area contributed by atoms with Crippen LogP contribution in [0.4, 0.5) is 0 Å². The molecular weight excluding hydrogens is 206 g/mol. The maximum absolute atomic E-state index is 8.96. The number of aliphatic hydroxyl groups is 1. The number of aliphatic hydroxyl groups excluding tert-OH is 1. The van der Waals surface area contributed by atoms with Gasteiger partial charge in [0.1, 0.15) is 5.15 Å². The molecule has 2 heterocycles. The Kier molecular flexibility index (Phi) is 2.38. The van der Waals surface area contributed by atoms with Crippen LogP contribution in [0.2, 0.25) is 5.15 Å². The number of hydrogen-bond donors (Lipinski definition) is 1. The third kappa shape index (κ3) is 1.57. The van der Waals surface area contributed by atoms with E-state index < -0.39 is 0 Å². The van der Waals surface area contributed by atoms with Crippen LogP contribution in [0, 0.1) is 0 Å². The first-order valence-electron chi connectivity index (χ1n) is 3.79. The lowest BCUT2D eigenvalue weighted by Crippen LogP contribution is -2.05. The monoisotopic (exact) mass is 211 g/mol. The van der Waals surface area contributed by atoms with Crippen molar-refractivity contribution in [2.45, 2.75) is 6.61 Å². The molecule has 0 aliphatic carbocycles. The molecule has 0 unspecified atom stereocenters. The fourth-order valence-electron chi connectivity index (χ4n) is 0.992. The fourth-order valence-corrected chi connectivity index (χ4v) is 1.13. The van der Waals surface area contributed by atoms with Crippen LogP contribution in [-0.2, 0) is 6.61 Å². The number of nitrogens with zero attached hydrogens (tertiary/aromatic N) is 5. The summed E-state index contributed by atoms with van der Waals surface area (Å²) in [7, 11) is 0. The Hall–Kier alpha value is -1.53. The zero-order chi connectivity index (χ0) is 9.97. The van der Waals surface area contributed by atoms with Crippen LogP contribution in [0.25, 0.3) is 5.82 Å². The van der Waals surface area contributed by atoms with Crippen molar-refractivity contribution in [3.8, 4) is 5.82 Å². The highest BCUT2D eigenvalue weighted by molar-refractivity contribution is 6.29. The lowest BCUT2D eigenvalue weighted by atomic mass is 10.5. The van der Waals surface area contributed by atoms with Gasteiger partial charge in [0.15, 0.2) is 5.82 Å². The van der Waals surface area contributed by atoms with Gasteiger partial charge >= 0.3 is 0 Å². The highest BCUT2D eigenvalue weighted by Gasteiger charge is 2.06. The van der Waals surface area contributed by atoms with Gasteiger partial charge in [-0.05, 0) is 0 Å². The Morgan fingerprint density at radius 3 is 2.93 bits per heavy atom. The molecule has 1 N–H and O–H groups in total. The van der Waals surface area contributed by atoms with Crippen molar-refractivity contribution in [1.82, 2.24) is 25.0 Å². The molecule has 0 amide bonds. The van der Waals surface area contributed by atoms with Gasteiger partial charge < -0.3 is 5.11 Å². The highest BCUT2D eigenvalue weighted by Crippen LogP contribution is 2.08. The van der Waals surface area contributed by atoms with Crippen molar-refractivity contribution in [1.29, 1.82) is 0 Å². The average Bonchev–Trinajstić information content (AvgIpc) is 2.65. The van der Waals surface area contributed by atoms with Gasteiger partial charge in [-0.1, -0.05) is 16.8 Å². The third-order valence-corrected chi connectivity index (χ3v) is 1.77. The molecule has 0 saturated heterocycles. The molecule has 0 saturated carbocycles. The fraction of sp³-hybridized carbons (Fsp3) is 0.143. The summed E-state index contributed by atoms with van der Waals surface area (Å²) in [5, 5.41) is 16.6. The van der Waals surface area contributed by atoms with Crippen LogP contribution >= 0.6 is 11.6 Å². The predicted molar refractivity (Wildman–Crippen MR) is 47.9 cm³/mol. The van der Waals surface area contributed by atoms with Crippen LogP contribution in [0.3, 0.4) is 0 Å². The molecule has 2 aromatic heterocycles. The second-order valence-electron chi connectivity index (χ2n) is 2.50. The summed E-state index contributed by atoms with van der Waals surface area (Å²) in [6, 6.07) is 0. The second kappa shape index (κ2) is 3.69. The van der Waals surface area contributed by atoms with Gasteiger partial charge in [0.25, 0.3) is 0 Å². The zero-order valence-corrected chi connectivity index (χ0v) is 7.76. The maximum Gasteiger partial charge on any atom is 0.175 e. The molecule has 0 spiro atoms. The van der Waals surface area contributed by atoms with E-state index in [4.69, 9.17) is 16.7 Å². The topological polar surface area (TPSA) is 76.7 Å². The number of rotatable bonds is 2. The van der Waals surface area contributed by atoms with E-state index in [9.17, 15) is 0 Å². The highest BCUT2D eigenvalue weighted by atomic mass is 35.5. The molecule has 2 rings (SSSR count). The molecule has 7 heteroatoms. The normalized spacial score (nSPS) is 10.4. The Labute approximate surface area is 84.2 Å². The average molecular weight is 212 g/mol. The van der Waals surface area contributed by atoms with Gasteiger partial charge in [0.05, 0.1) is 30.9 Å². The van der Waals surface area contributed by atoms with Crippen molar-refractivity contribution in [3.63, 3.8) is 0 Å². The minimum atomic E-state index is -0.165. The molecule has 14 heavy (non-hydrogen) atoms. The van der Waals surface area contributed by atoms with Crippen molar-refractivity contribution >= 4 is 11.6 Å². The summed E-state index contributed by atoms with van der Waals surface area (Å²) in [6.07, 6.45) is 4.35. The first-order valence-corrected chi connectivity index (χ1v) is 4.17. The molecule has 6 nitrogen and oxygen atoms in total. The van der Waals surface area contributed by atoms with Crippen LogP contribution in [-0.4, -0.2) is 30.1 Å². The summed E-state index contributed by atoms with van der Waals surface area (Å²) in [6.45, 7) is -0.165. The molecule has 0 aliphatic rings. The van der Waals surface area contributed by atoms with Gasteiger partial charge in [-0.15, -0.1) is 5.10 Å². The maximum atomic E-state index is 8.96. The smallest absolute Gasteiger partial charge is 0.175 e. The third-order valence-electron chi connectivity index (χ3n) is 1.59. The Morgan fingerprint density at radius 1 is 1.36 bits per heavy atom. The Balaban J connectivity index is 2.49. The number of aromatic nitrogens is 5. The molecule has 0 aliphatic heterocycles. The van der Waals surface area contributed by atoms with Crippen LogP contribution in [0.5, 0.6) is 0 Å². The van der Waals surface area contributed by atoms with Crippen LogP contribution in [0.1, 0.15) is 5.69 Å². The van der Waals surface area contributed by atoms with Gasteiger partial charge in [-0.25, -0.2) is 4.98 Å². The van der Waals surface area contributed by atoms with Crippen molar-refractivity contribution < 1.29 is 5.11 Å². The van der Waals surface area contributed by atoms with E-state index >= 15 is 0 Å². The lowest BCUT2D eigenvalue weighted by Gasteiger charge is -2.01. The summed E-state index contributed by atoms with van der Waals surface area (Å²) in [5.41, 5.74) is 0.529. The molecule has 0 bridgehead atoms. The van der Waals surface area contributed by atoms with Gasteiger partial charge in [0.2, 0.25) is 0 Å². The van der Waals surface area contributed by atoms with E-state index in [1.807, 2.05) is 0 Å². The SMILES string of the molecule is OCc1cnnn1-c1cncc(Cl)n1. The Bertz CT molecular complexity index is 443. The largest absolute Gasteiger partial charge is 0.390 e. The van der Waals surface area contributed by atoms with E-state index in [0.717, 1.165) is 0 Å². The quantitative estimate of drug-likeness (QED) is 0.768. The minimum absolute atomic E-state index is 0.165. The van der Waals surface area contributed by atoms with Gasteiger partial charge in [-0.2, -0.15) is 4.68 Å². The molecule has 0 radical (unpaired) electrons. The predicted octanol–water partition coefficient (Wildman–Crippen LogP) is 0.203. The van der Waals surface area contributed by atoms with E-state index in [1.165, 1.54) is 23.3 Å². The molecular formula is C7H6ClN5O. The van der Waals surface area contributed by atoms with E-state index in [1.54, 1.807) is 0 Å². The molecule has 2 aromatic rings. The molecule has 0 aromatic carbocycles.